The molecule has 0 unspecified atom stereocenters. The summed E-state index contributed by atoms with van der Waals surface area (Å²) in [4.78, 5) is 12.0. The van der Waals surface area contributed by atoms with Gasteiger partial charge in [-0.2, -0.15) is 5.10 Å². The molecular weight excluding hydrogens is 332 g/mol. The minimum atomic E-state index is -0.336. The quantitative estimate of drug-likeness (QED) is 0.611. The number of nitrogens with one attached hydrogen (secondary N) is 1. The number of rotatable bonds is 7. The van der Waals surface area contributed by atoms with Gasteiger partial charge >= 0.3 is 0 Å². The Morgan fingerprint density at radius 1 is 1.04 bits per heavy atom. The summed E-state index contributed by atoms with van der Waals surface area (Å²) in [6, 6.07) is 11.2. The third kappa shape index (κ3) is 4.99. The first-order chi connectivity index (χ1) is 12.4. The van der Waals surface area contributed by atoms with Crippen LogP contribution < -0.4 is 19.6 Å². The van der Waals surface area contributed by atoms with Crippen molar-refractivity contribution in [2.24, 2.45) is 5.10 Å². The zero-order valence-electron chi connectivity index (χ0n) is 15.8. The predicted octanol–water partition coefficient (Wildman–Crippen LogP) is 3.24. The highest BCUT2D eigenvalue weighted by atomic mass is 16.5. The van der Waals surface area contributed by atoms with Crippen LogP contribution in [-0.2, 0) is 4.79 Å². The maximum atomic E-state index is 12.0. The second-order valence-corrected chi connectivity index (χ2v) is 5.86. The molecule has 0 saturated heterocycles. The topological polar surface area (TPSA) is 69.2 Å². The van der Waals surface area contributed by atoms with Crippen molar-refractivity contribution in [3.8, 4) is 17.2 Å². The van der Waals surface area contributed by atoms with Gasteiger partial charge in [0.15, 0.2) is 6.61 Å². The van der Waals surface area contributed by atoms with Gasteiger partial charge in [0, 0.05) is 11.6 Å². The third-order valence-corrected chi connectivity index (χ3v) is 3.84. The molecule has 0 bridgehead atoms. The summed E-state index contributed by atoms with van der Waals surface area (Å²) in [5, 5.41) is 4.12. The van der Waals surface area contributed by atoms with Gasteiger partial charge in [-0.15, -0.1) is 0 Å². The van der Waals surface area contributed by atoms with Crippen molar-refractivity contribution < 1.29 is 19.0 Å². The molecule has 0 atom stereocenters. The number of hydrogen-bond donors (Lipinski definition) is 1. The van der Waals surface area contributed by atoms with Crippen LogP contribution in [0.3, 0.4) is 0 Å². The molecule has 0 heterocycles. The van der Waals surface area contributed by atoms with Crippen LogP contribution in [0.5, 0.6) is 17.2 Å². The van der Waals surface area contributed by atoms with Gasteiger partial charge in [-0.3, -0.25) is 4.79 Å². The number of hydrazone groups is 1. The Hall–Kier alpha value is -3.02. The van der Waals surface area contributed by atoms with Crippen LogP contribution in [0.1, 0.15) is 23.6 Å². The number of nitrogens with zero attached hydrogens (tertiary/aromatic N) is 1. The normalized spacial score (nSPS) is 11.0. The molecule has 0 aliphatic rings. The van der Waals surface area contributed by atoms with Crippen molar-refractivity contribution in [3.63, 3.8) is 0 Å². The molecule has 0 aromatic heterocycles. The third-order valence-electron chi connectivity index (χ3n) is 3.84. The maximum Gasteiger partial charge on any atom is 0.277 e. The van der Waals surface area contributed by atoms with E-state index in [-0.39, 0.29) is 12.5 Å². The molecule has 2 aromatic carbocycles. The minimum Gasteiger partial charge on any atom is -0.497 e. The van der Waals surface area contributed by atoms with Gasteiger partial charge in [0.25, 0.3) is 5.91 Å². The van der Waals surface area contributed by atoms with Crippen LogP contribution in [0.2, 0.25) is 0 Å². The van der Waals surface area contributed by atoms with Crippen LogP contribution in [-0.4, -0.2) is 32.4 Å². The SMILES string of the molecule is COc1ccc(C(C)=NNC(=O)COc2ccc(C)cc2C)c(OC)c1. The molecular formula is C20H24N2O4. The van der Waals surface area contributed by atoms with E-state index in [1.165, 1.54) is 0 Å². The summed E-state index contributed by atoms with van der Waals surface area (Å²) >= 11 is 0. The lowest BCUT2D eigenvalue weighted by Crippen LogP contribution is -2.25. The van der Waals surface area contributed by atoms with Crippen molar-refractivity contribution in [1.82, 2.24) is 5.43 Å². The lowest BCUT2D eigenvalue weighted by Gasteiger charge is -2.11. The van der Waals surface area contributed by atoms with Gasteiger partial charge in [-0.1, -0.05) is 17.7 Å². The summed E-state index contributed by atoms with van der Waals surface area (Å²) in [5.74, 6) is 1.65. The highest BCUT2D eigenvalue weighted by Crippen LogP contribution is 2.25. The number of hydrogen-bond acceptors (Lipinski definition) is 5. The highest BCUT2D eigenvalue weighted by Gasteiger charge is 2.09. The molecule has 2 rings (SSSR count). The molecule has 0 spiro atoms. The summed E-state index contributed by atoms with van der Waals surface area (Å²) in [6.07, 6.45) is 0. The largest absolute Gasteiger partial charge is 0.497 e. The zero-order valence-corrected chi connectivity index (χ0v) is 15.8. The molecule has 1 amide bonds. The van der Waals surface area contributed by atoms with Crippen molar-refractivity contribution in [3.05, 3.63) is 53.1 Å². The van der Waals surface area contributed by atoms with E-state index in [9.17, 15) is 4.79 Å². The van der Waals surface area contributed by atoms with Crippen molar-refractivity contribution >= 4 is 11.6 Å². The number of carbonyl (C=O) groups is 1. The van der Waals surface area contributed by atoms with Crippen molar-refractivity contribution in [2.75, 3.05) is 20.8 Å². The Morgan fingerprint density at radius 2 is 1.81 bits per heavy atom. The van der Waals surface area contributed by atoms with E-state index in [0.29, 0.717) is 23.0 Å². The molecule has 0 fully saturated rings. The molecule has 0 radical (unpaired) electrons. The van der Waals surface area contributed by atoms with Gasteiger partial charge in [0.2, 0.25) is 0 Å². The van der Waals surface area contributed by atoms with Crippen LogP contribution in [0.15, 0.2) is 41.5 Å². The number of aryl methyl sites for hydroxylation is 2. The van der Waals surface area contributed by atoms with Crippen molar-refractivity contribution in [1.29, 1.82) is 0 Å². The monoisotopic (exact) mass is 356 g/mol. The van der Waals surface area contributed by atoms with Gasteiger partial charge < -0.3 is 14.2 Å². The summed E-state index contributed by atoms with van der Waals surface area (Å²) in [7, 11) is 3.16. The van der Waals surface area contributed by atoms with E-state index >= 15 is 0 Å². The number of ether oxygens (including phenoxy) is 3. The van der Waals surface area contributed by atoms with E-state index in [0.717, 1.165) is 16.7 Å². The molecule has 6 heteroatoms. The van der Waals surface area contributed by atoms with Gasteiger partial charge in [-0.25, -0.2) is 5.43 Å². The minimum absolute atomic E-state index is 0.111. The Labute approximate surface area is 153 Å². The fourth-order valence-electron chi connectivity index (χ4n) is 2.44. The molecule has 2 aromatic rings. The number of benzene rings is 2. The summed E-state index contributed by atoms with van der Waals surface area (Å²) in [5.41, 5.74) is 6.01. The second kappa shape index (κ2) is 8.89. The molecule has 1 N–H and O–H groups in total. The molecule has 26 heavy (non-hydrogen) atoms. The lowest BCUT2D eigenvalue weighted by atomic mass is 10.1. The molecule has 0 aliphatic heterocycles. The Balaban J connectivity index is 1.98. The van der Waals surface area contributed by atoms with Gasteiger partial charge in [0.05, 0.1) is 19.9 Å². The first kappa shape index (κ1) is 19.3. The standard InChI is InChI=1S/C20H24N2O4/c1-13-6-9-18(14(2)10-13)26-12-20(23)22-21-15(3)17-8-7-16(24-4)11-19(17)25-5/h6-11H,12H2,1-5H3,(H,22,23). The average molecular weight is 356 g/mol. The van der Waals surface area contributed by atoms with Crippen molar-refractivity contribution in [2.45, 2.75) is 20.8 Å². The van der Waals surface area contributed by atoms with Gasteiger partial charge in [0.1, 0.15) is 17.2 Å². The van der Waals surface area contributed by atoms with Crippen LogP contribution in [0.4, 0.5) is 0 Å². The first-order valence-electron chi connectivity index (χ1n) is 8.20. The summed E-state index contributed by atoms with van der Waals surface area (Å²) < 4.78 is 16.1. The van der Waals surface area contributed by atoms with Crippen LogP contribution >= 0.6 is 0 Å². The molecule has 6 nitrogen and oxygen atoms in total. The fraction of sp³-hybridized carbons (Fsp3) is 0.300. The Bertz CT molecular complexity index is 815. The molecule has 0 aliphatic carbocycles. The molecule has 0 saturated carbocycles. The van der Waals surface area contributed by atoms with E-state index in [2.05, 4.69) is 10.5 Å². The second-order valence-electron chi connectivity index (χ2n) is 5.86. The summed E-state index contributed by atoms with van der Waals surface area (Å²) in [6.45, 7) is 5.63. The number of methoxy groups -OCH3 is 2. The van der Waals surface area contributed by atoms with E-state index in [1.54, 1.807) is 27.2 Å². The fourth-order valence-corrected chi connectivity index (χ4v) is 2.44. The lowest BCUT2D eigenvalue weighted by molar-refractivity contribution is -0.123. The van der Waals surface area contributed by atoms with Crippen LogP contribution in [0, 0.1) is 13.8 Å². The Morgan fingerprint density at radius 3 is 2.46 bits per heavy atom. The maximum absolute atomic E-state index is 12.0. The van der Waals surface area contributed by atoms with E-state index in [4.69, 9.17) is 14.2 Å². The Kier molecular flexibility index (Phi) is 6.60. The number of amides is 1. The van der Waals surface area contributed by atoms with Gasteiger partial charge in [-0.05, 0) is 44.5 Å². The highest BCUT2D eigenvalue weighted by molar-refractivity contribution is 6.01. The zero-order chi connectivity index (χ0) is 19.1. The smallest absolute Gasteiger partial charge is 0.277 e. The average Bonchev–Trinajstić information content (AvgIpc) is 2.64. The number of carbonyl (C=O) groups excluding carboxylic acids is 1. The first-order valence-corrected chi connectivity index (χ1v) is 8.20. The molecule has 138 valence electrons. The van der Waals surface area contributed by atoms with Crippen LogP contribution in [0.25, 0.3) is 0 Å². The predicted molar refractivity (Wildman–Crippen MR) is 101 cm³/mol. The van der Waals surface area contributed by atoms with E-state index in [1.807, 2.05) is 44.2 Å². The van der Waals surface area contributed by atoms with E-state index < -0.39 is 0 Å².